The fourth-order valence-corrected chi connectivity index (χ4v) is 8.87. The maximum atomic E-state index is 14.8. The smallest absolute Gasteiger partial charge is 0.269 e. The van der Waals surface area contributed by atoms with Crippen LogP contribution in [0.15, 0.2) is 102 Å². The number of hydrogen-bond acceptors (Lipinski definition) is 10. The number of carbonyl (C=O) groups excluding carboxylic acids is 1. The Labute approximate surface area is 331 Å². The minimum absolute atomic E-state index is 0.0222. The van der Waals surface area contributed by atoms with E-state index in [-0.39, 0.29) is 62.0 Å². The van der Waals surface area contributed by atoms with Gasteiger partial charge in [0.05, 0.1) is 23.2 Å². The van der Waals surface area contributed by atoms with Crippen molar-refractivity contribution in [1.29, 1.82) is 0 Å². The lowest BCUT2D eigenvalue weighted by Gasteiger charge is -2.60. The normalized spacial score (nSPS) is 24.2. The van der Waals surface area contributed by atoms with Crippen molar-refractivity contribution in [2.45, 2.75) is 69.2 Å². The van der Waals surface area contributed by atoms with E-state index < -0.39 is 34.4 Å². The van der Waals surface area contributed by atoms with Crippen molar-refractivity contribution in [2.24, 2.45) is 22.9 Å². The largest absolute Gasteiger partial charge is 0.508 e. The number of amides is 1. The number of aromatic hydroxyl groups is 1. The molecule has 0 aromatic heterocycles. The SMILES string of the molecule is C=CCOC12Oc3ccc(O)cc3C3C(CCCCO)C(CCCCO)C=C(C(=NOC)CC1N(Cc1ccc(F)cc1)C(=O)C=Cc1ccc([N+](=O)[O-])cc1)C32. The maximum Gasteiger partial charge on any atom is 0.269 e. The van der Waals surface area contributed by atoms with Gasteiger partial charge in [0.2, 0.25) is 11.7 Å². The van der Waals surface area contributed by atoms with Gasteiger partial charge in [-0.05, 0) is 103 Å². The van der Waals surface area contributed by atoms with Gasteiger partial charge < -0.3 is 34.5 Å². The molecule has 12 nitrogen and oxygen atoms in total. The van der Waals surface area contributed by atoms with Crippen molar-refractivity contribution < 1.29 is 43.7 Å². The van der Waals surface area contributed by atoms with Crippen LogP contribution >= 0.6 is 0 Å². The quantitative estimate of drug-likeness (QED) is 0.0391. The molecule has 13 heteroatoms. The monoisotopic (exact) mass is 783 g/mol. The molecule has 3 aliphatic rings. The summed E-state index contributed by atoms with van der Waals surface area (Å²) in [7, 11) is 1.47. The van der Waals surface area contributed by atoms with Gasteiger partial charge in [-0.3, -0.25) is 14.9 Å². The predicted octanol–water partition coefficient (Wildman–Crippen LogP) is 7.45. The molecule has 302 valence electrons. The molecule has 57 heavy (non-hydrogen) atoms. The lowest BCUT2D eigenvalue weighted by atomic mass is 9.55. The first-order chi connectivity index (χ1) is 27.6. The number of phenols is 1. The lowest BCUT2D eigenvalue weighted by Crippen LogP contribution is -2.70. The third kappa shape index (κ3) is 8.96. The van der Waals surface area contributed by atoms with Crippen LogP contribution in [-0.2, 0) is 20.9 Å². The zero-order valence-electron chi connectivity index (χ0n) is 32.0. The molecule has 3 N–H and O–H groups in total. The molecule has 6 atom stereocenters. The number of nitro benzene ring substituents is 1. The van der Waals surface area contributed by atoms with Crippen molar-refractivity contribution in [3.8, 4) is 11.5 Å². The summed E-state index contributed by atoms with van der Waals surface area (Å²) in [6.45, 7) is 4.15. The summed E-state index contributed by atoms with van der Waals surface area (Å²) < 4.78 is 28.2. The van der Waals surface area contributed by atoms with Gasteiger partial charge in [-0.15, -0.1) is 6.58 Å². The second-order valence-corrected chi connectivity index (χ2v) is 14.8. The number of aliphatic hydroxyl groups is 2. The van der Waals surface area contributed by atoms with Gasteiger partial charge in [0.25, 0.3) is 5.69 Å². The Hall–Kier alpha value is -5.37. The zero-order chi connectivity index (χ0) is 40.5. The molecular formula is C44H50FN3O9. The Bertz CT molecular complexity index is 1980. The highest BCUT2D eigenvalue weighted by Crippen LogP contribution is 2.62. The average molecular weight is 784 g/mol. The lowest BCUT2D eigenvalue weighted by molar-refractivity contribution is -0.384. The minimum atomic E-state index is -1.54. The topological polar surface area (TPSA) is 164 Å². The highest BCUT2D eigenvalue weighted by Gasteiger charge is 2.65. The van der Waals surface area contributed by atoms with Crippen LogP contribution in [0.3, 0.4) is 0 Å². The number of nitro groups is 1. The number of aliphatic hydroxyl groups excluding tert-OH is 2. The number of benzene rings is 3. The molecule has 1 heterocycles. The van der Waals surface area contributed by atoms with Crippen LogP contribution in [0, 0.1) is 33.7 Å². The standard InChI is InChI=1S/C44H50FN3O9/c1-3-24-56-44-40(47(28-30-10-15-32(45)16-11-30)41(52)21-14-29-12-17-33(18-13-29)48(53)54)27-38(46-55-2)36-25-31(8-4-6-22-49)35(9-5-7-23-50)42(43(36)44)37-26-34(51)19-20-39(37)57-44/h3,10-21,25-26,31,35,40,42-43,49-51H,1,4-9,22-24,27-28H2,2H3. The van der Waals surface area contributed by atoms with Crippen LogP contribution in [-0.4, -0.2) is 75.5 Å². The van der Waals surface area contributed by atoms with E-state index in [9.17, 15) is 34.6 Å². The van der Waals surface area contributed by atoms with E-state index in [1.807, 2.05) is 0 Å². The van der Waals surface area contributed by atoms with Crippen LogP contribution < -0.4 is 4.74 Å². The highest BCUT2D eigenvalue weighted by molar-refractivity contribution is 6.03. The van der Waals surface area contributed by atoms with Crippen LogP contribution in [0.4, 0.5) is 10.1 Å². The number of oxime groups is 1. The summed E-state index contributed by atoms with van der Waals surface area (Å²) >= 11 is 0. The molecule has 1 amide bonds. The van der Waals surface area contributed by atoms with E-state index in [1.165, 1.54) is 37.5 Å². The fourth-order valence-electron chi connectivity index (χ4n) is 8.87. The van der Waals surface area contributed by atoms with Gasteiger partial charge in [0, 0.05) is 55.9 Å². The third-order valence-electron chi connectivity index (χ3n) is 11.3. The second kappa shape index (κ2) is 18.7. The molecule has 0 spiro atoms. The summed E-state index contributed by atoms with van der Waals surface area (Å²) in [5.41, 5.74) is 3.36. The summed E-state index contributed by atoms with van der Waals surface area (Å²) in [5, 5.41) is 46.3. The van der Waals surface area contributed by atoms with Crippen molar-refractivity contribution in [1.82, 2.24) is 4.90 Å². The summed E-state index contributed by atoms with van der Waals surface area (Å²) in [6.07, 6.45) is 11.2. The Kier molecular flexibility index (Phi) is 13.6. The number of rotatable bonds is 18. The fraction of sp³-hybridized carbons (Fsp3) is 0.409. The molecule has 0 radical (unpaired) electrons. The molecule has 6 rings (SSSR count). The van der Waals surface area contributed by atoms with Crippen LogP contribution in [0.25, 0.3) is 6.08 Å². The number of non-ortho nitro benzene ring substituents is 1. The molecule has 3 aromatic rings. The molecule has 1 saturated carbocycles. The zero-order valence-corrected chi connectivity index (χ0v) is 32.0. The Morgan fingerprint density at radius 1 is 1.07 bits per heavy atom. The van der Waals surface area contributed by atoms with Gasteiger partial charge in [-0.2, -0.15) is 0 Å². The van der Waals surface area contributed by atoms with E-state index >= 15 is 0 Å². The molecule has 3 aromatic carbocycles. The number of nitrogens with zero attached hydrogens (tertiary/aromatic N) is 3. The molecule has 0 bridgehead atoms. The maximum absolute atomic E-state index is 14.8. The van der Waals surface area contributed by atoms with Gasteiger partial charge >= 0.3 is 0 Å². The van der Waals surface area contributed by atoms with E-state index in [4.69, 9.17) is 14.3 Å². The number of ether oxygens (including phenoxy) is 2. The Balaban J connectivity index is 1.56. The summed E-state index contributed by atoms with van der Waals surface area (Å²) in [4.78, 5) is 32.7. The van der Waals surface area contributed by atoms with E-state index in [0.717, 1.165) is 36.8 Å². The number of halogens is 1. The van der Waals surface area contributed by atoms with Gasteiger partial charge in [0.1, 0.15) is 30.5 Å². The minimum Gasteiger partial charge on any atom is -0.508 e. The van der Waals surface area contributed by atoms with Crippen LogP contribution in [0.1, 0.15) is 67.6 Å². The second-order valence-electron chi connectivity index (χ2n) is 14.8. The van der Waals surface area contributed by atoms with Crippen LogP contribution in [0.5, 0.6) is 11.5 Å². The van der Waals surface area contributed by atoms with Gasteiger partial charge in [-0.1, -0.05) is 42.3 Å². The van der Waals surface area contributed by atoms with E-state index in [2.05, 4.69) is 17.8 Å². The van der Waals surface area contributed by atoms with Crippen molar-refractivity contribution in [3.05, 3.63) is 130 Å². The van der Waals surface area contributed by atoms with Crippen molar-refractivity contribution >= 4 is 23.4 Å². The molecular weight excluding hydrogens is 733 g/mol. The Morgan fingerprint density at radius 3 is 2.46 bits per heavy atom. The van der Waals surface area contributed by atoms with E-state index in [0.29, 0.717) is 35.4 Å². The molecule has 6 unspecified atom stereocenters. The van der Waals surface area contributed by atoms with Crippen LogP contribution in [0.2, 0.25) is 0 Å². The number of fused-ring (bicyclic) bond motifs is 2. The number of unbranched alkanes of at least 4 members (excludes halogenated alkanes) is 2. The van der Waals surface area contributed by atoms with E-state index in [1.54, 1.807) is 59.5 Å². The first-order valence-electron chi connectivity index (χ1n) is 19.4. The van der Waals surface area contributed by atoms with Crippen molar-refractivity contribution in [2.75, 3.05) is 26.9 Å². The number of phenolic OH excluding ortho intramolecular Hbond substituents is 1. The third-order valence-corrected chi connectivity index (χ3v) is 11.3. The highest BCUT2D eigenvalue weighted by atomic mass is 19.1. The first kappa shape index (κ1) is 41.3. The van der Waals surface area contributed by atoms with Gasteiger partial charge in [-0.25, -0.2) is 4.39 Å². The van der Waals surface area contributed by atoms with Gasteiger partial charge in [0.15, 0.2) is 0 Å². The number of allylic oxidation sites excluding steroid dienone is 1. The average Bonchev–Trinajstić information content (AvgIpc) is 3.21. The first-order valence-corrected chi connectivity index (χ1v) is 19.4. The predicted molar refractivity (Wildman–Crippen MR) is 213 cm³/mol. The molecule has 1 fully saturated rings. The molecule has 1 aliphatic heterocycles. The van der Waals surface area contributed by atoms with Crippen molar-refractivity contribution in [3.63, 3.8) is 0 Å². The summed E-state index contributed by atoms with van der Waals surface area (Å²) in [5.74, 6) is -2.71. The summed E-state index contributed by atoms with van der Waals surface area (Å²) in [6, 6.07) is 15.9. The Morgan fingerprint density at radius 2 is 1.79 bits per heavy atom. The number of hydrogen-bond donors (Lipinski definition) is 3. The molecule has 2 aliphatic carbocycles. The molecule has 0 saturated heterocycles. The number of carbonyl (C=O) groups is 1.